The van der Waals surface area contributed by atoms with E-state index in [-0.39, 0.29) is 5.54 Å². The molecular weight excluding hydrogens is 474 g/mol. The molecule has 5 rings (SSSR count). The van der Waals surface area contributed by atoms with Gasteiger partial charge in [0.2, 0.25) is 10.0 Å². The number of benzene rings is 2. The molecule has 0 radical (unpaired) electrons. The van der Waals surface area contributed by atoms with Crippen LogP contribution in [0.1, 0.15) is 48.4 Å². The van der Waals surface area contributed by atoms with Gasteiger partial charge in [-0.2, -0.15) is 0 Å². The molecule has 5 nitrogen and oxygen atoms in total. The first kappa shape index (κ1) is 24.3. The maximum Gasteiger partial charge on any atom is 0.250 e. The molecule has 2 heterocycles. The van der Waals surface area contributed by atoms with E-state index in [1.165, 1.54) is 33.5 Å². The normalized spacial score (nSPS) is 21.1. The van der Waals surface area contributed by atoms with E-state index >= 15 is 0 Å². The first-order chi connectivity index (χ1) is 16.9. The zero-order chi connectivity index (χ0) is 24.5. The van der Waals surface area contributed by atoms with Gasteiger partial charge in [-0.1, -0.05) is 54.6 Å². The summed E-state index contributed by atoms with van der Waals surface area (Å²) < 4.78 is 28.4. The monoisotopic (exact) mass is 507 g/mol. The van der Waals surface area contributed by atoms with Crippen molar-refractivity contribution in [1.29, 1.82) is 0 Å². The van der Waals surface area contributed by atoms with E-state index in [1.54, 1.807) is 17.5 Å². The number of hydrogen-bond acceptors (Lipinski definition) is 4. The highest BCUT2D eigenvalue weighted by Gasteiger charge is 2.39. The molecule has 0 spiro atoms. The Hall–Kier alpha value is -2.45. The zero-order valence-corrected chi connectivity index (χ0v) is 22.0. The standard InChI is InChI=1S/C28H33N3O2S2/c1-31(2)28(22-9-4-3-5-10-22)17-14-21(15-18-28)27-24(23-11-6-7-12-25(23)30-27)16-19-29-35(32,33)26-13-8-20-34-26/h3-13,20-21,29-30H,14-19H2,1-2H3. The lowest BCUT2D eigenvalue weighted by molar-refractivity contribution is 0.0903. The minimum Gasteiger partial charge on any atom is -0.358 e. The van der Waals surface area contributed by atoms with Crippen molar-refractivity contribution in [2.24, 2.45) is 0 Å². The molecule has 4 aromatic rings. The van der Waals surface area contributed by atoms with Crippen molar-refractivity contribution in [3.8, 4) is 0 Å². The molecule has 2 N–H and O–H groups in total. The first-order valence-electron chi connectivity index (χ1n) is 12.3. The fourth-order valence-corrected chi connectivity index (χ4v) is 7.83. The van der Waals surface area contributed by atoms with E-state index in [9.17, 15) is 8.42 Å². The maximum absolute atomic E-state index is 12.6. The molecule has 2 aromatic carbocycles. The molecule has 0 bridgehead atoms. The van der Waals surface area contributed by atoms with Gasteiger partial charge in [-0.05, 0) is 80.8 Å². The van der Waals surface area contributed by atoms with Gasteiger partial charge in [-0.3, -0.25) is 4.90 Å². The summed E-state index contributed by atoms with van der Waals surface area (Å²) in [5, 5.41) is 2.99. The van der Waals surface area contributed by atoms with Crippen LogP contribution in [0.2, 0.25) is 0 Å². The zero-order valence-electron chi connectivity index (χ0n) is 20.3. The van der Waals surface area contributed by atoms with Crippen LogP contribution in [0.5, 0.6) is 0 Å². The summed E-state index contributed by atoms with van der Waals surface area (Å²) in [7, 11) is 0.928. The highest BCUT2D eigenvalue weighted by molar-refractivity contribution is 7.91. The minimum atomic E-state index is -3.46. The van der Waals surface area contributed by atoms with Crippen molar-refractivity contribution in [3.63, 3.8) is 0 Å². The molecule has 1 fully saturated rings. The van der Waals surface area contributed by atoms with Crippen LogP contribution in [0.25, 0.3) is 10.9 Å². The highest BCUT2D eigenvalue weighted by atomic mass is 32.2. The second kappa shape index (κ2) is 9.90. The van der Waals surface area contributed by atoms with Crippen LogP contribution in [0, 0.1) is 0 Å². The van der Waals surface area contributed by atoms with Gasteiger partial charge in [0.1, 0.15) is 4.21 Å². The Kier molecular flexibility index (Phi) is 6.86. The SMILES string of the molecule is CN(C)C1(c2ccccc2)CCC(c2[nH]c3ccccc3c2CCNS(=O)(=O)c2cccs2)CC1. The molecule has 7 heteroatoms. The van der Waals surface area contributed by atoms with Crippen molar-refractivity contribution in [2.75, 3.05) is 20.6 Å². The van der Waals surface area contributed by atoms with Crippen LogP contribution in [-0.4, -0.2) is 38.9 Å². The van der Waals surface area contributed by atoms with Crippen LogP contribution in [0.4, 0.5) is 0 Å². The van der Waals surface area contributed by atoms with Gasteiger partial charge < -0.3 is 4.98 Å². The minimum absolute atomic E-state index is 0.0558. The largest absolute Gasteiger partial charge is 0.358 e. The molecule has 0 amide bonds. The molecular formula is C28H33N3O2S2. The van der Waals surface area contributed by atoms with Gasteiger partial charge in [0.25, 0.3) is 0 Å². The van der Waals surface area contributed by atoms with Crippen LogP contribution in [0.3, 0.4) is 0 Å². The number of H-pyrrole nitrogens is 1. The number of rotatable bonds is 8. The van der Waals surface area contributed by atoms with Gasteiger partial charge in [0.15, 0.2) is 0 Å². The summed E-state index contributed by atoms with van der Waals surface area (Å²) in [5.41, 5.74) is 5.10. The molecule has 184 valence electrons. The van der Waals surface area contributed by atoms with Gasteiger partial charge in [-0.25, -0.2) is 13.1 Å². The predicted molar refractivity (Wildman–Crippen MR) is 145 cm³/mol. The van der Waals surface area contributed by atoms with E-state index in [2.05, 4.69) is 83.3 Å². The number of hydrogen-bond donors (Lipinski definition) is 2. The molecule has 0 aliphatic heterocycles. The lowest BCUT2D eigenvalue weighted by Gasteiger charge is -2.45. The Bertz CT molecular complexity index is 1370. The first-order valence-corrected chi connectivity index (χ1v) is 14.6. The van der Waals surface area contributed by atoms with Crippen molar-refractivity contribution in [2.45, 2.75) is 47.8 Å². The third kappa shape index (κ3) is 4.70. The van der Waals surface area contributed by atoms with Crippen LogP contribution in [0.15, 0.2) is 76.3 Å². The molecule has 2 aromatic heterocycles. The summed E-state index contributed by atoms with van der Waals surface area (Å²) in [5.74, 6) is 0.433. The highest BCUT2D eigenvalue weighted by Crippen LogP contribution is 2.47. The second-order valence-corrected chi connectivity index (χ2v) is 12.7. The Morgan fingerprint density at radius 1 is 1.00 bits per heavy atom. The molecule has 0 saturated heterocycles. The van der Waals surface area contributed by atoms with Crippen LogP contribution >= 0.6 is 11.3 Å². The Balaban J connectivity index is 1.38. The third-order valence-electron chi connectivity index (χ3n) is 7.66. The van der Waals surface area contributed by atoms with Crippen molar-refractivity contribution in [1.82, 2.24) is 14.6 Å². The predicted octanol–water partition coefficient (Wildman–Crippen LogP) is 5.87. The van der Waals surface area contributed by atoms with Crippen molar-refractivity contribution in [3.05, 3.63) is 88.9 Å². The summed E-state index contributed by atoms with van der Waals surface area (Å²) >= 11 is 1.25. The lowest BCUT2D eigenvalue weighted by Crippen LogP contribution is -2.44. The topological polar surface area (TPSA) is 65.2 Å². The average Bonchev–Trinajstić information content (AvgIpc) is 3.54. The number of sulfonamides is 1. The summed E-state index contributed by atoms with van der Waals surface area (Å²) in [6, 6.07) is 22.7. The van der Waals surface area contributed by atoms with Gasteiger partial charge >= 0.3 is 0 Å². The number of thiophene rings is 1. The molecule has 35 heavy (non-hydrogen) atoms. The number of nitrogens with zero attached hydrogens (tertiary/aromatic N) is 1. The van der Waals surface area contributed by atoms with Gasteiger partial charge in [0.05, 0.1) is 0 Å². The molecule has 1 saturated carbocycles. The van der Waals surface area contributed by atoms with E-state index in [0.29, 0.717) is 23.1 Å². The van der Waals surface area contributed by atoms with Gasteiger partial charge in [0, 0.05) is 28.7 Å². The maximum atomic E-state index is 12.6. The molecule has 1 aliphatic rings. The summed E-state index contributed by atoms with van der Waals surface area (Å²) in [6.45, 7) is 0.382. The lowest BCUT2D eigenvalue weighted by atomic mass is 9.70. The molecule has 0 unspecified atom stereocenters. The third-order valence-corrected chi connectivity index (χ3v) is 10.5. The summed E-state index contributed by atoms with van der Waals surface area (Å²) in [4.78, 5) is 6.11. The van der Waals surface area contributed by atoms with E-state index in [1.807, 2.05) is 0 Å². The Morgan fingerprint density at radius 2 is 1.71 bits per heavy atom. The van der Waals surface area contributed by atoms with Crippen molar-refractivity contribution >= 4 is 32.3 Å². The van der Waals surface area contributed by atoms with Crippen LogP contribution in [-0.2, 0) is 22.0 Å². The number of fused-ring (bicyclic) bond motifs is 1. The smallest absolute Gasteiger partial charge is 0.250 e. The number of para-hydroxylation sites is 1. The van der Waals surface area contributed by atoms with Gasteiger partial charge in [-0.15, -0.1) is 11.3 Å². The second-order valence-electron chi connectivity index (χ2n) is 9.71. The van der Waals surface area contributed by atoms with E-state index in [4.69, 9.17) is 0 Å². The number of nitrogens with one attached hydrogen (secondary N) is 2. The van der Waals surface area contributed by atoms with Crippen LogP contribution < -0.4 is 4.72 Å². The number of aromatic nitrogens is 1. The number of aromatic amines is 1. The Morgan fingerprint density at radius 3 is 2.40 bits per heavy atom. The molecule has 1 aliphatic carbocycles. The fraction of sp³-hybridized carbons (Fsp3) is 0.357. The summed E-state index contributed by atoms with van der Waals surface area (Å²) in [6.07, 6.45) is 5.03. The molecule has 0 atom stereocenters. The van der Waals surface area contributed by atoms with E-state index < -0.39 is 10.0 Å². The quantitative estimate of drug-likeness (QED) is 0.314. The average molecular weight is 508 g/mol. The van der Waals surface area contributed by atoms with E-state index in [0.717, 1.165) is 31.2 Å². The Labute approximate surface area is 212 Å². The fourth-order valence-electron chi connectivity index (χ4n) is 5.76. The van der Waals surface area contributed by atoms with Crippen molar-refractivity contribution < 1.29 is 8.42 Å².